The highest BCUT2D eigenvalue weighted by atomic mass is 16.7. The van der Waals surface area contributed by atoms with Gasteiger partial charge in [0.25, 0.3) is 0 Å². The molecule has 0 bridgehead atoms. The topological polar surface area (TPSA) is 163 Å². The molecule has 0 spiro atoms. The number of fused-ring (bicyclic) bond motifs is 1. The minimum absolute atomic E-state index is 0.0567. The molecule has 0 amide bonds. The van der Waals surface area contributed by atoms with Crippen LogP contribution in [0, 0.1) is 19.3 Å². The molecule has 2 aromatic rings. The standard InChI is InChI=1S/C30H36O10/c1-15-13-20-23(16(2)19(15)11-12-31)27(37)30(3,4)28(20)40-29-26(36)25(35)24(34)21(39-29)14-38-22(33)10-7-17-5-8-18(32)9-6-17/h5-10,13,21,24-26,28-29,31-32,34-36H,11-12,14H2,1-4H3/b10-7+/t21?,24-,25+,26?,28+,29+/m1/s1. The predicted octanol–water partition coefficient (Wildman–Crippen LogP) is 1.89. The molecule has 40 heavy (non-hydrogen) atoms. The summed E-state index contributed by atoms with van der Waals surface area (Å²) in [4.78, 5) is 25.7. The number of hydrogen-bond donors (Lipinski definition) is 5. The molecule has 6 atom stereocenters. The van der Waals surface area contributed by atoms with E-state index in [1.165, 1.54) is 24.3 Å². The lowest BCUT2D eigenvalue weighted by Crippen LogP contribution is -2.59. The van der Waals surface area contributed by atoms with Gasteiger partial charge in [-0.05, 0) is 80.1 Å². The third kappa shape index (κ3) is 5.69. The molecule has 1 heterocycles. The van der Waals surface area contributed by atoms with Gasteiger partial charge >= 0.3 is 5.97 Å². The summed E-state index contributed by atoms with van der Waals surface area (Å²) in [6.45, 7) is 6.67. The fourth-order valence-corrected chi connectivity index (χ4v) is 5.40. The summed E-state index contributed by atoms with van der Waals surface area (Å²) >= 11 is 0. The Morgan fingerprint density at radius 3 is 2.40 bits per heavy atom. The number of Topliss-reactive ketones (excluding diaryl/α,β-unsaturated/α-hetero) is 1. The number of aryl methyl sites for hydroxylation is 1. The number of benzene rings is 2. The van der Waals surface area contributed by atoms with Gasteiger partial charge in [0.1, 0.15) is 36.8 Å². The number of aliphatic hydroxyl groups is 4. The van der Waals surface area contributed by atoms with Crippen molar-refractivity contribution >= 4 is 17.8 Å². The van der Waals surface area contributed by atoms with E-state index in [1.54, 1.807) is 26.0 Å². The first-order chi connectivity index (χ1) is 18.9. The van der Waals surface area contributed by atoms with Gasteiger partial charge in [-0.1, -0.05) is 18.2 Å². The summed E-state index contributed by atoms with van der Waals surface area (Å²) in [6, 6.07) is 7.99. The molecule has 1 aliphatic heterocycles. The molecular weight excluding hydrogens is 520 g/mol. The highest BCUT2D eigenvalue weighted by Gasteiger charge is 2.52. The quantitative estimate of drug-likeness (QED) is 0.240. The molecule has 216 valence electrons. The number of esters is 1. The Balaban J connectivity index is 1.50. The molecule has 1 fully saturated rings. The minimum Gasteiger partial charge on any atom is -0.508 e. The number of ether oxygens (including phenoxy) is 3. The maximum atomic E-state index is 13.5. The van der Waals surface area contributed by atoms with Crippen molar-refractivity contribution < 1.29 is 49.3 Å². The van der Waals surface area contributed by atoms with Crippen LogP contribution in [-0.4, -0.2) is 81.2 Å². The van der Waals surface area contributed by atoms with Crippen LogP contribution in [0.5, 0.6) is 5.75 Å². The largest absolute Gasteiger partial charge is 0.508 e. The second-order valence-corrected chi connectivity index (χ2v) is 10.9. The number of hydrogen-bond acceptors (Lipinski definition) is 10. The molecule has 10 heteroatoms. The normalized spacial score (nSPS) is 27.6. The van der Waals surface area contributed by atoms with Gasteiger partial charge in [0.05, 0.1) is 11.5 Å². The van der Waals surface area contributed by atoms with E-state index in [0.717, 1.165) is 16.7 Å². The molecule has 2 aliphatic rings. The second kappa shape index (κ2) is 11.8. The van der Waals surface area contributed by atoms with E-state index in [9.17, 15) is 35.1 Å². The SMILES string of the molecule is Cc1cc2c(c(C)c1CCO)C(=O)C(C)(C)[C@H]2O[C@@H]1OC(COC(=O)/C=C/c2ccc(O)cc2)[C@@H](O)[C@H](O)C1O. The molecule has 1 aliphatic carbocycles. The molecule has 5 N–H and O–H groups in total. The maximum Gasteiger partial charge on any atom is 0.330 e. The Kier molecular flexibility index (Phi) is 8.79. The molecule has 0 radical (unpaired) electrons. The summed E-state index contributed by atoms with van der Waals surface area (Å²) in [5.41, 5.74) is 3.27. The van der Waals surface area contributed by atoms with Crippen molar-refractivity contribution in [2.24, 2.45) is 5.41 Å². The van der Waals surface area contributed by atoms with Crippen LogP contribution in [0.25, 0.3) is 6.08 Å². The monoisotopic (exact) mass is 556 g/mol. The summed E-state index contributed by atoms with van der Waals surface area (Å²) in [5.74, 6) is -0.796. The van der Waals surface area contributed by atoms with Gasteiger partial charge in [-0.25, -0.2) is 4.79 Å². The second-order valence-electron chi connectivity index (χ2n) is 10.9. The number of phenolic OH excluding ortho intramolecular Hbond substituents is 1. The minimum atomic E-state index is -1.66. The zero-order valence-electron chi connectivity index (χ0n) is 22.9. The molecule has 1 saturated heterocycles. The van der Waals surface area contributed by atoms with Crippen LogP contribution >= 0.6 is 0 Å². The van der Waals surface area contributed by atoms with Crippen LogP contribution < -0.4 is 0 Å². The maximum absolute atomic E-state index is 13.5. The summed E-state index contributed by atoms with van der Waals surface area (Å²) in [6.07, 6.45) is -5.30. The number of phenols is 1. The number of aromatic hydroxyl groups is 1. The number of rotatable bonds is 8. The van der Waals surface area contributed by atoms with Gasteiger partial charge in [-0.3, -0.25) is 4.79 Å². The van der Waals surface area contributed by atoms with Gasteiger partial charge in [-0.2, -0.15) is 0 Å². The Bertz CT molecular complexity index is 1280. The highest BCUT2D eigenvalue weighted by molar-refractivity contribution is 6.06. The van der Waals surface area contributed by atoms with Crippen LogP contribution in [0.2, 0.25) is 0 Å². The number of carbonyl (C=O) groups excluding carboxylic acids is 2. The Morgan fingerprint density at radius 2 is 1.75 bits per heavy atom. The summed E-state index contributed by atoms with van der Waals surface area (Å²) in [5, 5.41) is 50.6. The van der Waals surface area contributed by atoms with E-state index in [-0.39, 0.29) is 18.1 Å². The van der Waals surface area contributed by atoms with Crippen molar-refractivity contribution in [3.05, 3.63) is 69.8 Å². The smallest absolute Gasteiger partial charge is 0.330 e. The first kappa shape index (κ1) is 29.9. The van der Waals surface area contributed by atoms with E-state index in [4.69, 9.17) is 14.2 Å². The Morgan fingerprint density at radius 1 is 1.07 bits per heavy atom. The van der Waals surface area contributed by atoms with Gasteiger partial charge in [0, 0.05) is 18.2 Å². The molecule has 0 aromatic heterocycles. The fraction of sp³-hybridized carbons (Fsp3) is 0.467. The van der Waals surface area contributed by atoms with Crippen molar-refractivity contribution in [1.29, 1.82) is 0 Å². The van der Waals surface area contributed by atoms with Crippen LogP contribution in [0.3, 0.4) is 0 Å². The molecule has 10 nitrogen and oxygen atoms in total. The molecule has 2 aromatic carbocycles. The third-order valence-corrected chi connectivity index (χ3v) is 7.71. The van der Waals surface area contributed by atoms with Crippen LogP contribution in [-0.2, 0) is 25.4 Å². The van der Waals surface area contributed by atoms with Crippen LogP contribution in [0.4, 0.5) is 0 Å². The number of ketones is 1. The predicted molar refractivity (Wildman–Crippen MR) is 143 cm³/mol. The number of aliphatic hydroxyl groups excluding tert-OH is 4. The van der Waals surface area contributed by atoms with E-state index >= 15 is 0 Å². The summed E-state index contributed by atoms with van der Waals surface area (Å²) in [7, 11) is 0. The lowest BCUT2D eigenvalue weighted by atomic mass is 9.86. The zero-order valence-corrected chi connectivity index (χ0v) is 22.9. The lowest BCUT2D eigenvalue weighted by Gasteiger charge is -2.42. The van der Waals surface area contributed by atoms with Gasteiger partial charge in [-0.15, -0.1) is 0 Å². The Labute approximate surface area is 232 Å². The first-order valence-electron chi connectivity index (χ1n) is 13.1. The third-order valence-electron chi connectivity index (χ3n) is 7.71. The molecule has 4 rings (SSSR count). The zero-order chi connectivity index (χ0) is 29.4. The first-order valence-corrected chi connectivity index (χ1v) is 13.1. The van der Waals surface area contributed by atoms with Gasteiger partial charge in [0.2, 0.25) is 0 Å². The van der Waals surface area contributed by atoms with E-state index in [0.29, 0.717) is 23.1 Å². The lowest BCUT2D eigenvalue weighted by molar-refractivity contribution is -0.317. The average molecular weight is 557 g/mol. The Hall–Kier alpha value is -3.12. The number of carbonyl (C=O) groups is 2. The fourth-order valence-electron chi connectivity index (χ4n) is 5.40. The van der Waals surface area contributed by atoms with E-state index in [1.807, 2.05) is 19.9 Å². The van der Waals surface area contributed by atoms with Gasteiger partial charge < -0.3 is 39.7 Å². The van der Waals surface area contributed by atoms with Crippen molar-refractivity contribution in [3.8, 4) is 5.75 Å². The molecule has 0 saturated carbocycles. The average Bonchev–Trinajstić information content (AvgIpc) is 3.10. The van der Waals surface area contributed by atoms with E-state index in [2.05, 4.69) is 0 Å². The van der Waals surface area contributed by atoms with Crippen LogP contribution in [0.15, 0.2) is 36.4 Å². The highest BCUT2D eigenvalue weighted by Crippen LogP contribution is 2.50. The van der Waals surface area contributed by atoms with Crippen molar-refractivity contribution in [3.63, 3.8) is 0 Å². The van der Waals surface area contributed by atoms with Crippen LogP contribution in [0.1, 0.15) is 58.1 Å². The summed E-state index contributed by atoms with van der Waals surface area (Å²) < 4.78 is 17.1. The van der Waals surface area contributed by atoms with Crippen molar-refractivity contribution in [2.75, 3.05) is 13.2 Å². The van der Waals surface area contributed by atoms with Crippen molar-refractivity contribution in [2.45, 2.75) is 70.9 Å². The molecule has 2 unspecified atom stereocenters. The van der Waals surface area contributed by atoms with E-state index < -0.39 is 54.8 Å². The molecular formula is C30H36O10. The van der Waals surface area contributed by atoms with Gasteiger partial charge in [0.15, 0.2) is 12.1 Å². The van der Waals surface area contributed by atoms with Crippen molar-refractivity contribution in [1.82, 2.24) is 0 Å².